The van der Waals surface area contributed by atoms with Crippen LogP contribution in [0.15, 0.2) is 89.4 Å². The molecule has 0 amide bonds. The molecule has 0 aliphatic carbocycles. The van der Waals surface area contributed by atoms with Crippen molar-refractivity contribution in [2.75, 3.05) is 0 Å². The van der Waals surface area contributed by atoms with Crippen LogP contribution in [-0.2, 0) is 0 Å². The first-order valence-electron chi connectivity index (χ1n) is 6.85. The molecule has 112 valence electrons. The monoisotopic (exact) mass is 498 g/mol. The Hall–Kier alpha value is -0.470. The molecule has 4 heteroatoms. The van der Waals surface area contributed by atoms with Gasteiger partial charge in [-0.05, 0) is 0 Å². The Morgan fingerprint density at radius 2 is 0.955 bits per heavy atom. The van der Waals surface area contributed by atoms with E-state index in [-0.39, 0.29) is 0 Å². The third-order valence-electron chi connectivity index (χ3n) is 3.69. The van der Waals surface area contributed by atoms with Crippen LogP contribution in [0.4, 0.5) is 0 Å². The molecule has 0 nitrogen and oxygen atoms in total. The van der Waals surface area contributed by atoms with Crippen LogP contribution in [0.5, 0.6) is 0 Å². The Kier molecular flexibility index (Phi) is 4.62. The summed E-state index contributed by atoms with van der Waals surface area (Å²) in [6.07, 6.45) is 0. The molecule has 0 unspecified atom stereocenters. The van der Waals surface area contributed by atoms with Gasteiger partial charge in [0.1, 0.15) is 0 Å². The van der Waals surface area contributed by atoms with E-state index in [1.54, 1.807) is 0 Å². The second-order valence-corrected chi connectivity index (χ2v) is 20.6. The van der Waals surface area contributed by atoms with E-state index in [4.69, 9.17) is 0 Å². The molecule has 0 aromatic heterocycles. The first-order chi connectivity index (χ1) is 10.5. The van der Waals surface area contributed by atoms with Crippen molar-refractivity contribution < 1.29 is 0 Å². The molecule has 0 saturated carbocycles. The molecule has 0 aliphatic rings. The van der Waals surface area contributed by atoms with Crippen LogP contribution in [0.25, 0.3) is 0 Å². The first-order valence-corrected chi connectivity index (χ1v) is 13.9. The fraction of sp³-hybridized carbons (Fsp3) is 0. The van der Waals surface area contributed by atoms with E-state index in [1.807, 2.05) is 18.2 Å². The zero-order valence-electron chi connectivity index (χ0n) is 11.7. The van der Waals surface area contributed by atoms with Crippen LogP contribution in [-0.4, -0.2) is 0 Å². The van der Waals surface area contributed by atoms with E-state index in [9.17, 15) is 0 Å². The van der Waals surface area contributed by atoms with E-state index < -0.39 is 4.01 Å². The average Bonchev–Trinajstić information content (AvgIpc) is 2.57. The van der Waals surface area contributed by atoms with Crippen molar-refractivity contribution in [1.29, 1.82) is 0 Å². The fourth-order valence-electron chi connectivity index (χ4n) is 2.58. The molecule has 0 radical (unpaired) electrons. The van der Waals surface area contributed by atoms with Gasteiger partial charge >= 0.3 is 156 Å². The van der Waals surface area contributed by atoms with Gasteiger partial charge in [0.05, 0.1) is 0 Å². The molecule has 0 N–H and O–H groups in total. The van der Waals surface area contributed by atoms with Crippen molar-refractivity contribution in [1.82, 2.24) is 0 Å². The van der Waals surface area contributed by atoms with Gasteiger partial charge in [0.2, 0.25) is 0 Å². The minimum atomic E-state index is -2.84. The summed E-state index contributed by atoms with van der Waals surface area (Å²) in [5.74, 6) is 0. The van der Waals surface area contributed by atoms with Crippen molar-refractivity contribution in [2.45, 2.75) is 0 Å². The van der Waals surface area contributed by atoms with Gasteiger partial charge in [-0.2, -0.15) is 0 Å². The summed E-state index contributed by atoms with van der Waals surface area (Å²) in [5.41, 5.74) is 0. The standard InChI is InChI=1S/C18H14Br3P/c19-17-13-7-8-14-18(17)22(20,21,15-9-3-1-4-10-15)16-11-5-2-6-12-16/h1-14H. The van der Waals surface area contributed by atoms with Gasteiger partial charge < -0.3 is 0 Å². The van der Waals surface area contributed by atoms with Crippen LogP contribution in [0.3, 0.4) is 0 Å². The molecule has 3 aromatic rings. The molecule has 0 spiro atoms. The van der Waals surface area contributed by atoms with E-state index in [0.29, 0.717) is 0 Å². The number of benzene rings is 3. The maximum absolute atomic E-state index is 4.18. The van der Waals surface area contributed by atoms with Crippen molar-refractivity contribution in [3.63, 3.8) is 0 Å². The van der Waals surface area contributed by atoms with Gasteiger partial charge in [-0.3, -0.25) is 0 Å². The predicted octanol–water partition coefficient (Wildman–Crippen LogP) is 5.90. The molecule has 0 aliphatic heterocycles. The summed E-state index contributed by atoms with van der Waals surface area (Å²) in [6.45, 7) is 0. The fourth-order valence-corrected chi connectivity index (χ4v) is 13.1. The number of halogens is 3. The van der Waals surface area contributed by atoms with Crippen molar-refractivity contribution in [3.8, 4) is 0 Å². The summed E-state index contributed by atoms with van der Waals surface area (Å²) in [5, 5.41) is 3.71. The zero-order valence-corrected chi connectivity index (χ0v) is 17.3. The van der Waals surface area contributed by atoms with Gasteiger partial charge in [-0.1, -0.05) is 0 Å². The third kappa shape index (κ3) is 2.63. The minimum absolute atomic E-state index is 1.09. The van der Waals surface area contributed by atoms with Crippen LogP contribution < -0.4 is 15.9 Å². The quantitative estimate of drug-likeness (QED) is 0.393. The number of rotatable bonds is 3. The molecule has 0 atom stereocenters. The molecule has 0 saturated heterocycles. The Balaban J connectivity index is 2.41. The van der Waals surface area contributed by atoms with E-state index in [1.165, 1.54) is 15.9 Å². The second kappa shape index (κ2) is 6.20. The molecule has 0 bridgehead atoms. The molecule has 0 fully saturated rings. The normalized spacial score (nSPS) is 13.3. The average molecular weight is 501 g/mol. The Morgan fingerprint density at radius 1 is 0.545 bits per heavy atom. The topological polar surface area (TPSA) is 0 Å². The van der Waals surface area contributed by atoms with Crippen LogP contribution in [0, 0.1) is 0 Å². The SMILES string of the molecule is Brc1ccccc1P(Br)(Br)(c1ccccc1)c1ccccc1. The molecule has 0 heterocycles. The summed E-state index contributed by atoms with van der Waals surface area (Å²) in [6, 6.07) is 29.5. The molecule has 22 heavy (non-hydrogen) atoms. The van der Waals surface area contributed by atoms with Gasteiger partial charge in [0.25, 0.3) is 0 Å². The van der Waals surface area contributed by atoms with Crippen LogP contribution >= 0.6 is 50.9 Å². The zero-order chi connectivity index (χ0) is 15.7. The molecular weight excluding hydrogens is 487 g/mol. The van der Waals surface area contributed by atoms with Crippen LogP contribution in [0.1, 0.15) is 0 Å². The van der Waals surface area contributed by atoms with Gasteiger partial charge in [0.15, 0.2) is 0 Å². The van der Waals surface area contributed by atoms with E-state index in [0.717, 1.165) is 4.47 Å². The van der Waals surface area contributed by atoms with Gasteiger partial charge in [0, 0.05) is 0 Å². The van der Waals surface area contributed by atoms with Gasteiger partial charge in [-0.15, -0.1) is 0 Å². The van der Waals surface area contributed by atoms with Crippen LogP contribution in [0.2, 0.25) is 0 Å². The Bertz CT molecular complexity index is 742. The third-order valence-corrected chi connectivity index (χ3v) is 15.5. The molecule has 3 aromatic carbocycles. The number of hydrogen-bond donors (Lipinski definition) is 0. The van der Waals surface area contributed by atoms with Crippen molar-refractivity contribution >= 4 is 66.8 Å². The Labute approximate surface area is 155 Å². The first kappa shape index (κ1) is 16.4. The Morgan fingerprint density at radius 3 is 1.41 bits per heavy atom. The molecular formula is C18H14Br3P. The summed E-state index contributed by atoms with van der Waals surface area (Å²) >= 11 is 12.1. The summed E-state index contributed by atoms with van der Waals surface area (Å²) < 4.78 is -1.75. The molecule has 3 rings (SSSR count). The van der Waals surface area contributed by atoms with E-state index >= 15 is 0 Å². The summed E-state index contributed by atoms with van der Waals surface area (Å²) in [4.78, 5) is 0. The number of hydrogen-bond acceptors (Lipinski definition) is 0. The van der Waals surface area contributed by atoms with Crippen molar-refractivity contribution in [3.05, 3.63) is 89.4 Å². The van der Waals surface area contributed by atoms with E-state index in [2.05, 4.69) is 114 Å². The van der Waals surface area contributed by atoms with Gasteiger partial charge in [-0.25, -0.2) is 0 Å². The summed E-state index contributed by atoms with van der Waals surface area (Å²) in [7, 11) is 0. The van der Waals surface area contributed by atoms with Crippen molar-refractivity contribution in [2.24, 2.45) is 0 Å². The maximum atomic E-state index is 4.18. The predicted molar refractivity (Wildman–Crippen MR) is 111 cm³/mol. The second-order valence-electron chi connectivity index (χ2n) is 5.03.